The van der Waals surface area contributed by atoms with Crippen LogP contribution in [-0.2, 0) is 4.79 Å². The van der Waals surface area contributed by atoms with Crippen LogP contribution in [-0.4, -0.2) is 25.8 Å². The van der Waals surface area contributed by atoms with Crippen molar-refractivity contribution in [3.05, 3.63) is 52.7 Å². The summed E-state index contributed by atoms with van der Waals surface area (Å²) >= 11 is 0. The maximum Gasteiger partial charge on any atom is 0.343 e. The summed E-state index contributed by atoms with van der Waals surface area (Å²) in [6, 6.07) is 8.46. The second kappa shape index (κ2) is 4.65. The Morgan fingerprint density at radius 1 is 1.41 bits per heavy atom. The monoisotopic (exact) mass is 233 g/mol. The van der Waals surface area contributed by atoms with Crippen LogP contribution in [0.15, 0.2) is 41.5 Å². The van der Waals surface area contributed by atoms with Gasteiger partial charge in [0.2, 0.25) is 0 Å². The standard InChI is InChI=1S/C11H11N3O3/c15-10(16)6-9(8-4-2-1-3-5-8)14-7-12-13-11(14)17/h1-5,7,9H,6H2,(H,13,17)(H,15,16). The second-order valence-electron chi connectivity index (χ2n) is 3.59. The van der Waals surface area contributed by atoms with Crippen molar-refractivity contribution in [2.75, 3.05) is 0 Å². The Morgan fingerprint density at radius 2 is 2.12 bits per heavy atom. The maximum absolute atomic E-state index is 11.5. The van der Waals surface area contributed by atoms with Crippen molar-refractivity contribution in [3.63, 3.8) is 0 Å². The van der Waals surface area contributed by atoms with E-state index >= 15 is 0 Å². The molecule has 2 rings (SSSR count). The molecule has 2 aromatic rings. The molecule has 1 aromatic heterocycles. The molecule has 0 aliphatic rings. The molecule has 17 heavy (non-hydrogen) atoms. The highest BCUT2D eigenvalue weighted by Crippen LogP contribution is 2.19. The highest BCUT2D eigenvalue weighted by atomic mass is 16.4. The minimum Gasteiger partial charge on any atom is -0.481 e. The fourth-order valence-electron chi connectivity index (χ4n) is 1.70. The van der Waals surface area contributed by atoms with Crippen LogP contribution in [0.2, 0.25) is 0 Å². The van der Waals surface area contributed by atoms with Crippen molar-refractivity contribution in [2.24, 2.45) is 0 Å². The van der Waals surface area contributed by atoms with Gasteiger partial charge >= 0.3 is 11.7 Å². The van der Waals surface area contributed by atoms with Crippen molar-refractivity contribution < 1.29 is 9.90 Å². The van der Waals surface area contributed by atoms with Crippen molar-refractivity contribution in [2.45, 2.75) is 12.5 Å². The van der Waals surface area contributed by atoms with Gasteiger partial charge in [0.25, 0.3) is 0 Å². The van der Waals surface area contributed by atoms with E-state index in [9.17, 15) is 9.59 Å². The molecule has 1 aromatic carbocycles. The number of carboxylic acid groups (broad SMARTS) is 1. The smallest absolute Gasteiger partial charge is 0.343 e. The Morgan fingerprint density at radius 3 is 2.65 bits per heavy atom. The Balaban J connectivity index is 2.43. The number of carboxylic acids is 1. The van der Waals surface area contributed by atoms with Crippen LogP contribution in [0.25, 0.3) is 0 Å². The van der Waals surface area contributed by atoms with Gasteiger partial charge in [-0.2, -0.15) is 5.10 Å². The second-order valence-corrected chi connectivity index (χ2v) is 3.59. The molecule has 0 saturated carbocycles. The molecule has 0 aliphatic heterocycles. The number of nitrogens with one attached hydrogen (secondary N) is 1. The molecule has 0 saturated heterocycles. The number of carbonyl (C=O) groups is 1. The molecule has 0 radical (unpaired) electrons. The lowest BCUT2D eigenvalue weighted by Gasteiger charge is -2.15. The van der Waals surface area contributed by atoms with Crippen molar-refractivity contribution >= 4 is 5.97 Å². The third kappa shape index (κ3) is 2.41. The molecule has 6 heteroatoms. The average Bonchev–Trinajstić information content (AvgIpc) is 2.73. The van der Waals surface area contributed by atoms with Crippen molar-refractivity contribution in [3.8, 4) is 0 Å². The van der Waals surface area contributed by atoms with Gasteiger partial charge in [-0.25, -0.2) is 9.89 Å². The SMILES string of the molecule is O=C(O)CC(c1ccccc1)n1cn[nH]c1=O. The lowest BCUT2D eigenvalue weighted by molar-refractivity contribution is -0.137. The van der Waals surface area contributed by atoms with Gasteiger partial charge in [0.15, 0.2) is 0 Å². The van der Waals surface area contributed by atoms with E-state index in [-0.39, 0.29) is 6.42 Å². The average molecular weight is 233 g/mol. The van der Waals surface area contributed by atoms with Crippen LogP contribution >= 0.6 is 0 Å². The van der Waals surface area contributed by atoms with E-state index in [2.05, 4.69) is 10.2 Å². The molecular formula is C11H11N3O3. The molecule has 88 valence electrons. The van der Waals surface area contributed by atoms with Crippen LogP contribution in [0.5, 0.6) is 0 Å². The van der Waals surface area contributed by atoms with E-state index in [4.69, 9.17) is 5.11 Å². The molecule has 0 bridgehead atoms. The first-order chi connectivity index (χ1) is 8.18. The Labute approximate surface area is 96.5 Å². The predicted octanol–water partition coefficient (Wildman–Crippen LogP) is 0.635. The van der Waals surface area contributed by atoms with Crippen molar-refractivity contribution in [1.82, 2.24) is 14.8 Å². The number of hydrogen-bond acceptors (Lipinski definition) is 3. The van der Waals surface area contributed by atoms with E-state index in [1.165, 1.54) is 10.9 Å². The molecule has 0 spiro atoms. The summed E-state index contributed by atoms with van der Waals surface area (Å²) in [6.07, 6.45) is 1.15. The predicted molar refractivity (Wildman–Crippen MR) is 59.7 cm³/mol. The van der Waals surface area contributed by atoms with E-state index in [0.717, 1.165) is 5.56 Å². The van der Waals surface area contributed by atoms with Gasteiger partial charge < -0.3 is 5.11 Å². The molecule has 0 fully saturated rings. The Kier molecular flexibility index (Phi) is 3.04. The highest BCUT2D eigenvalue weighted by molar-refractivity contribution is 5.68. The van der Waals surface area contributed by atoms with Gasteiger partial charge in [-0.15, -0.1) is 0 Å². The van der Waals surface area contributed by atoms with E-state index in [1.807, 2.05) is 6.07 Å². The number of H-pyrrole nitrogens is 1. The Hall–Kier alpha value is -2.37. The quantitative estimate of drug-likeness (QED) is 0.810. The van der Waals surface area contributed by atoms with Crippen LogP contribution < -0.4 is 5.69 Å². The molecule has 1 unspecified atom stereocenters. The summed E-state index contributed by atoms with van der Waals surface area (Å²) in [5.41, 5.74) is 0.346. The summed E-state index contributed by atoms with van der Waals surface area (Å²) in [5, 5.41) is 14.8. The molecule has 0 aliphatic carbocycles. The van der Waals surface area contributed by atoms with Crippen molar-refractivity contribution in [1.29, 1.82) is 0 Å². The number of hydrogen-bond donors (Lipinski definition) is 2. The van der Waals surface area contributed by atoms with Gasteiger partial charge in [-0.1, -0.05) is 30.3 Å². The topological polar surface area (TPSA) is 88.0 Å². The molecule has 6 nitrogen and oxygen atoms in total. The number of aromatic nitrogens is 3. The van der Waals surface area contributed by atoms with Gasteiger partial charge in [-0.3, -0.25) is 9.36 Å². The Bertz CT molecular complexity index is 559. The summed E-state index contributed by atoms with van der Waals surface area (Å²) in [4.78, 5) is 22.3. The van der Waals surface area contributed by atoms with Crippen LogP contribution in [0.3, 0.4) is 0 Å². The zero-order chi connectivity index (χ0) is 12.3. The van der Waals surface area contributed by atoms with Gasteiger partial charge in [0.05, 0.1) is 12.5 Å². The summed E-state index contributed by atoms with van der Waals surface area (Å²) in [7, 11) is 0. The first-order valence-electron chi connectivity index (χ1n) is 5.06. The molecule has 0 amide bonds. The zero-order valence-electron chi connectivity index (χ0n) is 8.91. The van der Waals surface area contributed by atoms with Crippen LogP contribution in [0.1, 0.15) is 18.0 Å². The van der Waals surface area contributed by atoms with E-state index in [1.54, 1.807) is 24.3 Å². The van der Waals surface area contributed by atoms with Gasteiger partial charge in [-0.05, 0) is 5.56 Å². The summed E-state index contributed by atoms with van der Waals surface area (Å²) < 4.78 is 1.28. The molecule has 1 heterocycles. The normalized spacial score (nSPS) is 12.2. The fraction of sp³-hybridized carbons (Fsp3) is 0.182. The number of aliphatic carboxylic acids is 1. The lowest BCUT2D eigenvalue weighted by atomic mass is 10.0. The van der Waals surface area contributed by atoms with Crippen LogP contribution in [0, 0.1) is 0 Å². The largest absolute Gasteiger partial charge is 0.481 e. The van der Waals surface area contributed by atoms with Gasteiger partial charge in [0, 0.05) is 0 Å². The number of benzene rings is 1. The summed E-state index contributed by atoms with van der Waals surface area (Å²) in [6.45, 7) is 0. The molecular weight excluding hydrogens is 222 g/mol. The number of nitrogens with zero attached hydrogens (tertiary/aromatic N) is 2. The minimum atomic E-state index is -0.966. The highest BCUT2D eigenvalue weighted by Gasteiger charge is 2.19. The molecule has 1 atom stereocenters. The molecule has 2 N–H and O–H groups in total. The maximum atomic E-state index is 11.5. The lowest BCUT2D eigenvalue weighted by Crippen LogP contribution is -2.24. The minimum absolute atomic E-state index is 0.163. The third-order valence-corrected chi connectivity index (χ3v) is 2.46. The summed E-state index contributed by atoms with van der Waals surface area (Å²) in [5.74, 6) is -0.966. The van der Waals surface area contributed by atoms with Gasteiger partial charge in [0.1, 0.15) is 6.33 Å². The zero-order valence-corrected chi connectivity index (χ0v) is 8.91. The number of rotatable bonds is 4. The van der Waals surface area contributed by atoms with Crippen LogP contribution in [0.4, 0.5) is 0 Å². The third-order valence-electron chi connectivity index (χ3n) is 2.46. The van der Waals surface area contributed by atoms with E-state index < -0.39 is 17.7 Å². The first-order valence-corrected chi connectivity index (χ1v) is 5.06. The fourth-order valence-corrected chi connectivity index (χ4v) is 1.70. The van der Waals surface area contributed by atoms with E-state index in [0.29, 0.717) is 0 Å². The first kappa shape index (κ1) is 11.1. The number of aromatic amines is 1.